The van der Waals surface area contributed by atoms with Crippen LogP contribution in [0.1, 0.15) is 28.8 Å². The molecule has 0 bridgehead atoms. The van der Waals surface area contributed by atoms with Crippen molar-refractivity contribution < 1.29 is 4.79 Å². The highest BCUT2D eigenvalue weighted by Crippen LogP contribution is 2.16. The maximum Gasteiger partial charge on any atom is 0.257 e. The lowest BCUT2D eigenvalue weighted by atomic mass is 10.1. The first-order valence-electron chi connectivity index (χ1n) is 8.19. The molecule has 1 aliphatic rings. The number of halogens is 2. The molecule has 1 fully saturated rings. The van der Waals surface area contributed by atoms with Crippen LogP contribution in [-0.4, -0.2) is 30.4 Å². The number of nitrogens with one attached hydrogen (secondary N) is 1. The van der Waals surface area contributed by atoms with Crippen molar-refractivity contribution in [3.63, 3.8) is 0 Å². The molecule has 0 unspecified atom stereocenters. The second kappa shape index (κ2) is 10.3. The molecular weight excluding hydrogens is 357 g/mol. The third-order valence-corrected chi connectivity index (χ3v) is 4.33. The van der Waals surface area contributed by atoms with Crippen molar-refractivity contribution >= 4 is 42.1 Å². The number of carbonyl (C=O) groups is 1. The Morgan fingerprint density at radius 2 is 1.64 bits per heavy atom. The van der Waals surface area contributed by atoms with Crippen molar-refractivity contribution in [1.29, 1.82) is 0 Å². The maximum atomic E-state index is 12.2. The summed E-state index contributed by atoms with van der Waals surface area (Å²) in [5.74, 6) is -0.173. The molecule has 0 radical (unpaired) electrons. The number of nitrogens with two attached hydrogens (primary N) is 1. The SMILES string of the molecule is Cl.Cl.Nc1ccccc1C(=O)Nc1ccc(CCN2CCCC2)cc1. The molecule has 0 saturated carbocycles. The van der Waals surface area contributed by atoms with Crippen molar-refractivity contribution in [3.8, 4) is 0 Å². The third kappa shape index (κ3) is 5.92. The van der Waals surface area contributed by atoms with Crippen LogP contribution in [0.4, 0.5) is 11.4 Å². The van der Waals surface area contributed by atoms with Gasteiger partial charge in [0.1, 0.15) is 0 Å². The molecule has 25 heavy (non-hydrogen) atoms. The number of nitrogens with zero attached hydrogens (tertiary/aromatic N) is 1. The number of amides is 1. The van der Waals surface area contributed by atoms with Gasteiger partial charge in [-0.2, -0.15) is 0 Å². The molecule has 3 rings (SSSR count). The van der Waals surface area contributed by atoms with Gasteiger partial charge in [-0.05, 0) is 62.2 Å². The molecule has 0 aliphatic carbocycles. The van der Waals surface area contributed by atoms with Crippen LogP contribution < -0.4 is 11.1 Å². The summed E-state index contributed by atoms with van der Waals surface area (Å²) < 4.78 is 0. The minimum Gasteiger partial charge on any atom is -0.398 e. The summed E-state index contributed by atoms with van der Waals surface area (Å²) in [6.45, 7) is 3.57. The van der Waals surface area contributed by atoms with Crippen molar-refractivity contribution in [2.75, 3.05) is 30.7 Å². The van der Waals surface area contributed by atoms with Crippen molar-refractivity contribution in [2.45, 2.75) is 19.3 Å². The fourth-order valence-electron chi connectivity index (χ4n) is 2.95. The fourth-order valence-corrected chi connectivity index (χ4v) is 2.95. The number of anilines is 2. The quantitative estimate of drug-likeness (QED) is 0.769. The summed E-state index contributed by atoms with van der Waals surface area (Å²) >= 11 is 0. The number of para-hydroxylation sites is 1. The van der Waals surface area contributed by atoms with Gasteiger partial charge < -0.3 is 16.0 Å². The highest BCUT2D eigenvalue weighted by molar-refractivity contribution is 6.07. The predicted octanol–water partition coefficient (Wildman–Crippen LogP) is 4.00. The summed E-state index contributed by atoms with van der Waals surface area (Å²) in [6, 6.07) is 15.2. The van der Waals surface area contributed by atoms with Gasteiger partial charge in [0.05, 0.1) is 5.56 Å². The van der Waals surface area contributed by atoms with E-state index in [2.05, 4.69) is 22.3 Å². The van der Waals surface area contributed by atoms with Gasteiger partial charge in [0.15, 0.2) is 0 Å². The van der Waals surface area contributed by atoms with Gasteiger partial charge in [0, 0.05) is 17.9 Å². The van der Waals surface area contributed by atoms with E-state index >= 15 is 0 Å². The Morgan fingerprint density at radius 3 is 2.28 bits per heavy atom. The van der Waals surface area contributed by atoms with Crippen LogP contribution >= 0.6 is 24.8 Å². The Morgan fingerprint density at radius 1 is 1.00 bits per heavy atom. The third-order valence-electron chi connectivity index (χ3n) is 4.33. The number of rotatable bonds is 5. The summed E-state index contributed by atoms with van der Waals surface area (Å²) in [6.07, 6.45) is 3.71. The van der Waals surface area contributed by atoms with Crippen molar-refractivity contribution in [3.05, 3.63) is 59.7 Å². The van der Waals surface area contributed by atoms with Crippen LogP contribution in [0.2, 0.25) is 0 Å². The summed E-state index contributed by atoms with van der Waals surface area (Å²) in [5, 5.41) is 2.89. The van der Waals surface area contributed by atoms with Gasteiger partial charge in [-0.3, -0.25) is 4.79 Å². The van der Waals surface area contributed by atoms with E-state index in [0.29, 0.717) is 11.3 Å². The molecule has 4 nitrogen and oxygen atoms in total. The topological polar surface area (TPSA) is 58.4 Å². The zero-order valence-electron chi connectivity index (χ0n) is 14.1. The molecule has 2 aromatic carbocycles. The molecule has 0 atom stereocenters. The van der Waals surface area contributed by atoms with E-state index in [9.17, 15) is 4.79 Å². The first-order valence-corrected chi connectivity index (χ1v) is 8.19. The maximum absolute atomic E-state index is 12.2. The lowest BCUT2D eigenvalue weighted by Gasteiger charge is -2.14. The Balaban J connectivity index is 0.00000156. The molecule has 1 aliphatic heterocycles. The van der Waals surface area contributed by atoms with E-state index in [1.165, 1.54) is 31.5 Å². The molecule has 1 heterocycles. The van der Waals surface area contributed by atoms with Crippen LogP contribution in [0, 0.1) is 0 Å². The smallest absolute Gasteiger partial charge is 0.257 e. The molecule has 136 valence electrons. The first kappa shape index (κ1) is 21.3. The van der Waals surface area contributed by atoms with Gasteiger partial charge in [0.2, 0.25) is 0 Å². The van der Waals surface area contributed by atoms with Crippen LogP contribution in [0.25, 0.3) is 0 Å². The lowest BCUT2D eigenvalue weighted by Crippen LogP contribution is -2.21. The van der Waals surface area contributed by atoms with E-state index in [4.69, 9.17) is 5.73 Å². The van der Waals surface area contributed by atoms with E-state index in [1.54, 1.807) is 12.1 Å². The van der Waals surface area contributed by atoms with Gasteiger partial charge in [0.25, 0.3) is 5.91 Å². The summed E-state index contributed by atoms with van der Waals surface area (Å²) in [7, 11) is 0. The number of carbonyl (C=O) groups excluding carboxylic acids is 1. The van der Waals surface area contributed by atoms with Crippen molar-refractivity contribution in [1.82, 2.24) is 4.90 Å². The molecular formula is C19H25Cl2N3O. The van der Waals surface area contributed by atoms with Crippen LogP contribution in [-0.2, 0) is 6.42 Å². The highest BCUT2D eigenvalue weighted by atomic mass is 35.5. The highest BCUT2D eigenvalue weighted by Gasteiger charge is 2.11. The predicted molar refractivity (Wildman–Crippen MR) is 109 cm³/mol. The molecule has 6 heteroatoms. The zero-order valence-corrected chi connectivity index (χ0v) is 15.7. The summed E-state index contributed by atoms with van der Waals surface area (Å²) in [4.78, 5) is 14.7. The van der Waals surface area contributed by atoms with Crippen LogP contribution in [0.5, 0.6) is 0 Å². The summed E-state index contributed by atoms with van der Waals surface area (Å²) in [5.41, 5.74) is 8.93. The van der Waals surface area contributed by atoms with E-state index in [-0.39, 0.29) is 30.7 Å². The Bertz CT molecular complexity index is 671. The molecule has 1 saturated heterocycles. The molecule has 2 aromatic rings. The largest absolute Gasteiger partial charge is 0.398 e. The Hall–Kier alpha value is -1.75. The second-order valence-corrected chi connectivity index (χ2v) is 6.04. The number of nitrogen functional groups attached to an aromatic ring is 1. The molecule has 0 aromatic heterocycles. The zero-order chi connectivity index (χ0) is 16.1. The van der Waals surface area contributed by atoms with Gasteiger partial charge in [-0.1, -0.05) is 24.3 Å². The normalized spacial score (nSPS) is 13.6. The van der Waals surface area contributed by atoms with Gasteiger partial charge in [-0.25, -0.2) is 0 Å². The van der Waals surface area contributed by atoms with E-state index in [1.807, 2.05) is 24.3 Å². The van der Waals surface area contributed by atoms with E-state index < -0.39 is 0 Å². The second-order valence-electron chi connectivity index (χ2n) is 6.04. The number of benzene rings is 2. The molecule has 3 N–H and O–H groups in total. The fraction of sp³-hybridized carbons (Fsp3) is 0.316. The van der Waals surface area contributed by atoms with Crippen LogP contribution in [0.15, 0.2) is 48.5 Å². The molecule has 1 amide bonds. The number of likely N-dealkylation sites (tertiary alicyclic amines) is 1. The average molecular weight is 382 g/mol. The number of hydrogen-bond donors (Lipinski definition) is 2. The Labute approximate surface area is 161 Å². The van der Waals surface area contributed by atoms with Crippen molar-refractivity contribution in [2.24, 2.45) is 0 Å². The molecule has 0 spiro atoms. The minimum absolute atomic E-state index is 0. The standard InChI is InChI=1S/C19H23N3O.2ClH/c20-18-6-2-1-5-17(18)19(23)21-16-9-7-15(8-10-16)11-14-22-12-3-4-13-22;;/h1-2,5-10H,3-4,11-14,20H2,(H,21,23);2*1H. The minimum atomic E-state index is -0.173. The van der Waals surface area contributed by atoms with Gasteiger partial charge >= 0.3 is 0 Å². The van der Waals surface area contributed by atoms with Gasteiger partial charge in [-0.15, -0.1) is 24.8 Å². The monoisotopic (exact) mass is 381 g/mol. The first-order chi connectivity index (χ1) is 11.2. The van der Waals surface area contributed by atoms with Crippen LogP contribution in [0.3, 0.4) is 0 Å². The Kier molecular flexibility index (Phi) is 8.76. The number of hydrogen-bond acceptors (Lipinski definition) is 3. The lowest BCUT2D eigenvalue weighted by molar-refractivity contribution is 0.102. The van der Waals surface area contributed by atoms with E-state index in [0.717, 1.165) is 18.7 Å². The average Bonchev–Trinajstić information content (AvgIpc) is 3.08.